The number of carbonyl (C=O) groups is 1. The molecule has 1 N–H and O–H groups in total. The first-order valence-corrected chi connectivity index (χ1v) is 3.64. The molecule has 68 valence electrons. The lowest BCUT2D eigenvalue weighted by atomic mass is 10.1. The highest BCUT2D eigenvalue weighted by molar-refractivity contribution is 6.35. The van der Waals surface area contributed by atoms with Crippen molar-refractivity contribution in [3.63, 3.8) is 0 Å². The number of Topliss-reactive ketones (excluding diaryl/α,β-unsaturated/α-hetero) is 1. The zero-order valence-corrected chi connectivity index (χ0v) is 7.10. The van der Waals surface area contributed by atoms with E-state index in [1.807, 2.05) is 0 Å². The maximum Gasteiger partial charge on any atom is 0.207 e. The lowest BCUT2D eigenvalue weighted by Crippen LogP contribution is -1.99. The van der Waals surface area contributed by atoms with Crippen molar-refractivity contribution in [3.05, 3.63) is 29.8 Å². The average molecular weight is 179 g/mol. The summed E-state index contributed by atoms with van der Waals surface area (Å²) in [5, 5.41) is 12.3. The summed E-state index contributed by atoms with van der Waals surface area (Å²) in [6.45, 7) is 0. The van der Waals surface area contributed by atoms with Gasteiger partial charge in [-0.05, 0) is 24.3 Å². The molecule has 0 spiro atoms. The van der Waals surface area contributed by atoms with Gasteiger partial charge in [-0.25, -0.2) is 0 Å². The van der Waals surface area contributed by atoms with Crippen LogP contribution in [0.2, 0.25) is 0 Å². The number of phenolic OH excluding ortho intramolecular Hbond substituents is 1. The predicted octanol–water partition coefficient (Wildman–Crippen LogP) is 1.21. The second kappa shape index (κ2) is 4.25. The normalized spacial score (nSPS) is 10.2. The molecule has 0 saturated heterocycles. The monoisotopic (exact) mass is 179 g/mol. The molecule has 1 aromatic carbocycles. The molecule has 0 radical (unpaired) electrons. The van der Waals surface area contributed by atoms with E-state index in [0.29, 0.717) is 5.56 Å². The summed E-state index contributed by atoms with van der Waals surface area (Å²) in [7, 11) is 1.36. The molecule has 13 heavy (non-hydrogen) atoms. The first-order chi connectivity index (χ1) is 6.24. The van der Waals surface area contributed by atoms with E-state index in [1.165, 1.54) is 31.4 Å². The van der Waals surface area contributed by atoms with Crippen LogP contribution < -0.4 is 0 Å². The van der Waals surface area contributed by atoms with Gasteiger partial charge in [0.1, 0.15) is 19.1 Å². The van der Waals surface area contributed by atoms with Crippen LogP contribution >= 0.6 is 0 Å². The number of ketones is 1. The van der Waals surface area contributed by atoms with Crippen molar-refractivity contribution in [3.8, 4) is 5.75 Å². The second-order valence-electron chi connectivity index (χ2n) is 2.33. The van der Waals surface area contributed by atoms with Crippen molar-refractivity contribution in [2.24, 2.45) is 5.16 Å². The van der Waals surface area contributed by atoms with Crippen molar-refractivity contribution in [1.82, 2.24) is 0 Å². The minimum atomic E-state index is -0.262. The summed E-state index contributed by atoms with van der Waals surface area (Å²) in [5.41, 5.74) is 0.457. The quantitative estimate of drug-likeness (QED) is 0.431. The van der Waals surface area contributed by atoms with Crippen LogP contribution in [0.15, 0.2) is 29.4 Å². The number of aromatic hydroxyl groups is 1. The molecule has 0 aliphatic rings. The van der Waals surface area contributed by atoms with Crippen LogP contribution in [0.3, 0.4) is 0 Å². The minimum absolute atomic E-state index is 0.125. The Kier molecular flexibility index (Phi) is 3.03. The Bertz CT molecular complexity index is 316. The third kappa shape index (κ3) is 2.59. The molecule has 0 bridgehead atoms. The lowest BCUT2D eigenvalue weighted by Gasteiger charge is -1.94. The molecule has 1 aromatic rings. The van der Waals surface area contributed by atoms with E-state index in [0.717, 1.165) is 6.21 Å². The van der Waals surface area contributed by atoms with Gasteiger partial charge < -0.3 is 9.94 Å². The summed E-state index contributed by atoms with van der Waals surface area (Å²) in [4.78, 5) is 15.6. The van der Waals surface area contributed by atoms with E-state index in [9.17, 15) is 4.79 Å². The first kappa shape index (κ1) is 9.25. The van der Waals surface area contributed by atoms with Crippen molar-refractivity contribution in [1.29, 1.82) is 0 Å². The highest BCUT2D eigenvalue weighted by atomic mass is 16.6. The predicted molar refractivity (Wildman–Crippen MR) is 47.9 cm³/mol. The fourth-order valence-corrected chi connectivity index (χ4v) is 0.801. The van der Waals surface area contributed by atoms with Crippen LogP contribution in [-0.4, -0.2) is 24.2 Å². The molecule has 0 aromatic heterocycles. The van der Waals surface area contributed by atoms with Gasteiger partial charge in [0.05, 0.1) is 0 Å². The summed E-state index contributed by atoms with van der Waals surface area (Å²) in [6, 6.07) is 5.90. The van der Waals surface area contributed by atoms with E-state index in [4.69, 9.17) is 5.11 Å². The van der Waals surface area contributed by atoms with Crippen LogP contribution in [0.4, 0.5) is 0 Å². The number of carbonyl (C=O) groups excluding carboxylic acids is 1. The molecule has 0 saturated carbocycles. The third-order valence-electron chi connectivity index (χ3n) is 1.43. The Balaban J connectivity index is 2.78. The van der Waals surface area contributed by atoms with Crippen molar-refractivity contribution in [2.45, 2.75) is 0 Å². The minimum Gasteiger partial charge on any atom is -0.508 e. The fraction of sp³-hybridized carbons (Fsp3) is 0.111. The van der Waals surface area contributed by atoms with E-state index in [2.05, 4.69) is 9.99 Å². The van der Waals surface area contributed by atoms with E-state index >= 15 is 0 Å². The van der Waals surface area contributed by atoms with Crippen LogP contribution in [0.1, 0.15) is 10.4 Å². The number of nitrogens with zero attached hydrogens (tertiary/aromatic N) is 1. The average Bonchev–Trinajstić information content (AvgIpc) is 2.15. The van der Waals surface area contributed by atoms with Crippen molar-refractivity contribution < 1.29 is 14.7 Å². The number of rotatable bonds is 3. The number of benzene rings is 1. The molecular weight excluding hydrogens is 170 g/mol. The van der Waals surface area contributed by atoms with Crippen LogP contribution in [0.5, 0.6) is 5.75 Å². The Hall–Kier alpha value is -1.84. The van der Waals surface area contributed by atoms with Gasteiger partial charge in [0.25, 0.3) is 0 Å². The van der Waals surface area contributed by atoms with Crippen LogP contribution in [0, 0.1) is 0 Å². The standard InChI is InChI=1S/C9H9NO3/c1-13-10-6-9(12)7-2-4-8(11)5-3-7/h2-6,11H,1H3/b10-6+. The maximum absolute atomic E-state index is 11.2. The number of hydrogen-bond donors (Lipinski definition) is 1. The van der Waals surface area contributed by atoms with Gasteiger partial charge in [-0.3, -0.25) is 4.79 Å². The fourth-order valence-electron chi connectivity index (χ4n) is 0.801. The Morgan fingerprint density at radius 1 is 1.46 bits per heavy atom. The molecule has 0 heterocycles. The number of phenols is 1. The van der Waals surface area contributed by atoms with Gasteiger partial charge in [0, 0.05) is 5.56 Å². The smallest absolute Gasteiger partial charge is 0.207 e. The highest BCUT2D eigenvalue weighted by Crippen LogP contribution is 2.09. The van der Waals surface area contributed by atoms with Crippen molar-refractivity contribution in [2.75, 3.05) is 7.11 Å². The zero-order chi connectivity index (χ0) is 9.68. The molecule has 0 aliphatic carbocycles. The zero-order valence-electron chi connectivity index (χ0n) is 7.10. The van der Waals surface area contributed by atoms with Gasteiger partial charge in [0.15, 0.2) is 0 Å². The Morgan fingerprint density at radius 2 is 2.08 bits per heavy atom. The lowest BCUT2D eigenvalue weighted by molar-refractivity contribution is 0.106. The van der Waals surface area contributed by atoms with Gasteiger partial charge in [-0.2, -0.15) is 0 Å². The summed E-state index contributed by atoms with van der Waals surface area (Å²) in [5.74, 6) is -0.137. The number of hydrogen-bond acceptors (Lipinski definition) is 4. The molecule has 0 aliphatic heterocycles. The van der Waals surface area contributed by atoms with Crippen LogP contribution in [-0.2, 0) is 4.84 Å². The van der Waals surface area contributed by atoms with Gasteiger partial charge in [-0.15, -0.1) is 0 Å². The van der Waals surface area contributed by atoms with E-state index < -0.39 is 0 Å². The maximum atomic E-state index is 11.2. The van der Waals surface area contributed by atoms with E-state index in [-0.39, 0.29) is 11.5 Å². The second-order valence-corrected chi connectivity index (χ2v) is 2.33. The Labute approximate surface area is 75.4 Å². The van der Waals surface area contributed by atoms with Gasteiger partial charge >= 0.3 is 0 Å². The van der Waals surface area contributed by atoms with Gasteiger partial charge in [0.2, 0.25) is 5.78 Å². The molecular formula is C9H9NO3. The first-order valence-electron chi connectivity index (χ1n) is 3.64. The number of oxime groups is 1. The third-order valence-corrected chi connectivity index (χ3v) is 1.43. The molecule has 0 amide bonds. The molecule has 0 atom stereocenters. The summed E-state index contributed by atoms with van der Waals surface area (Å²) < 4.78 is 0. The molecule has 0 fully saturated rings. The summed E-state index contributed by atoms with van der Waals surface area (Å²) >= 11 is 0. The molecule has 4 heteroatoms. The largest absolute Gasteiger partial charge is 0.508 e. The topological polar surface area (TPSA) is 58.9 Å². The van der Waals surface area contributed by atoms with E-state index in [1.54, 1.807) is 0 Å². The molecule has 0 unspecified atom stereocenters. The highest BCUT2D eigenvalue weighted by Gasteiger charge is 2.01. The molecule has 4 nitrogen and oxygen atoms in total. The van der Waals surface area contributed by atoms with Crippen molar-refractivity contribution >= 4 is 12.0 Å². The Morgan fingerprint density at radius 3 is 2.62 bits per heavy atom. The summed E-state index contributed by atoms with van der Waals surface area (Å²) in [6.07, 6.45) is 1.08. The van der Waals surface area contributed by atoms with Gasteiger partial charge in [-0.1, -0.05) is 5.16 Å². The molecule has 1 rings (SSSR count). The SMILES string of the molecule is CO/N=C/C(=O)c1ccc(O)cc1. The van der Waals surface area contributed by atoms with Crippen LogP contribution in [0.25, 0.3) is 0 Å².